The first-order valence-corrected chi connectivity index (χ1v) is 12.7. The molecule has 0 aromatic heterocycles. The smallest absolute Gasteiger partial charge is 0.255 e. The molecule has 3 amide bonds. The molecular formula is C19H23IN2O7S. The highest BCUT2D eigenvalue weighted by atomic mass is 127. The third kappa shape index (κ3) is 5.18. The number of piperidine rings is 1. The lowest BCUT2D eigenvalue weighted by Crippen LogP contribution is -2.52. The van der Waals surface area contributed by atoms with E-state index in [9.17, 15) is 22.8 Å². The largest absolute Gasteiger partial charge is 0.378 e. The van der Waals surface area contributed by atoms with E-state index in [-0.39, 0.29) is 48.1 Å². The van der Waals surface area contributed by atoms with Crippen LogP contribution in [0.1, 0.15) is 28.8 Å². The third-order valence-corrected chi connectivity index (χ3v) is 7.16. The summed E-state index contributed by atoms with van der Waals surface area (Å²) >= 11 is 2.20. The van der Waals surface area contributed by atoms with E-state index in [4.69, 9.17) is 9.47 Å². The summed E-state index contributed by atoms with van der Waals surface area (Å²) in [4.78, 5) is 37.8. The fourth-order valence-corrected chi connectivity index (χ4v) is 5.21. The lowest BCUT2D eigenvalue weighted by molar-refractivity contribution is -0.136. The zero-order valence-corrected chi connectivity index (χ0v) is 19.2. The molecule has 0 radical (unpaired) electrons. The molecule has 1 fully saturated rings. The Kier molecular flexibility index (Phi) is 7.82. The van der Waals surface area contributed by atoms with Gasteiger partial charge < -0.3 is 14.4 Å². The molecule has 164 valence electrons. The number of nitrogens with one attached hydrogen (secondary N) is 1. The summed E-state index contributed by atoms with van der Waals surface area (Å²) < 4.78 is 37.2. The van der Waals surface area contributed by atoms with Crippen LogP contribution in [0.2, 0.25) is 0 Å². The summed E-state index contributed by atoms with van der Waals surface area (Å²) in [6, 6.07) is 3.77. The average molecular weight is 550 g/mol. The molecule has 2 heterocycles. The predicted octanol–water partition coefficient (Wildman–Crippen LogP) is 0.689. The molecule has 0 bridgehead atoms. The highest BCUT2D eigenvalue weighted by Crippen LogP contribution is 2.32. The summed E-state index contributed by atoms with van der Waals surface area (Å²) in [5, 5.41) is 2.23. The predicted molar refractivity (Wildman–Crippen MR) is 115 cm³/mol. The van der Waals surface area contributed by atoms with Gasteiger partial charge in [-0.25, -0.2) is 8.42 Å². The van der Waals surface area contributed by atoms with E-state index in [2.05, 4.69) is 27.9 Å². The maximum absolute atomic E-state index is 12.9. The molecule has 1 aromatic carbocycles. The summed E-state index contributed by atoms with van der Waals surface area (Å²) in [7, 11) is -3.68. The van der Waals surface area contributed by atoms with E-state index in [1.54, 1.807) is 6.07 Å². The normalized spacial score (nSPS) is 19.2. The van der Waals surface area contributed by atoms with Crippen LogP contribution < -0.4 is 5.32 Å². The molecule has 2 aliphatic rings. The topological polar surface area (TPSA) is 119 Å². The van der Waals surface area contributed by atoms with Crippen LogP contribution in [0.3, 0.4) is 0 Å². The molecule has 1 aromatic rings. The van der Waals surface area contributed by atoms with Crippen LogP contribution in [-0.2, 0) is 35.4 Å². The highest BCUT2D eigenvalue weighted by Gasteiger charge is 2.40. The van der Waals surface area contributed by atoms with Crippen molar-refractivity contribution >= 4 is 50.1 Å². The van der Waals surface area contributed by atoms with Crippen molar-refractivity contribution in [1.29, 1.82) is 0 Å². The van der Waals surface area contributed by atoms with Gasteiger partial charge in [0.1, 0.15) is 6.04 Å². The minimum Gasteiger partial charge on any atom is -0.378 e. The van der Waals surface area contributed by atoms with E-state index in [0.717, 1.165) is 4.43 Å². The SMILES string of the molecule is O=C1CCC(N2Cc3c(cccc3S(=O)(=O)CCOCCOCCI)C2=O)C(=O)N1. The second-order valence-corrected chi connectivity index (χ2v) is 10.1. The molecule has 1 atom stereocenters. The van der Waals surface area contributed by atoms with Crippen molar-refractivity contribution in [2.45, 2.75) is 30.3 Å². The number of nitrogens with zero attached hydrogens (tertiary/aromatic N) is 1. The zero-order chi connectivity index (χ0) is 21.7. The van der Waals surface area contributed by atoms with Crippen LogP contribution in [0.15, 0.2) is 23.1 Å². The number of benzene rings is 1. The maximum atomic E-state index is 12.9. The van der Waals surface area contributed by atoms with Crippen LogP contribution >= 0.6 is 22.6 Å². The Hall–Kier alpha value is -1.57. The van der Waals surface area contributed by atoms with E-state index in [0.29, 0.717) is 25.4 Å². The molecular weight excluding hydrogens is 527 g/mol. The number of sulfone groups is 1. The molecule has 1 N–H and O–H groups in total. The molecule has 3 rings (SSSR count). The van der Waals surface area contributed by atoms with Crippen molar-refractivity contribution in [2.75, 3.05) is 36.6 Å². The van der Waals surface area contributed by atoms with Crippen molar-refractivity contribution in [1.82, 2.24) is 10.2 Å². The average Bonchev–Trinajstić information content (AvgIpc) is 3.04. The van der Waals surface area contributed by atoms with E-state index >= 15 is 0 Å². The van der Waals surface area contributed by atoms with Gasteiger partial charge in [0.15, 0.2) is 9.84 Å². The minimum absolute atomic E-state index is 0.0147. The summed E-state index contributed by atoms with van der Waals surface area (Å²) in [5.74, 6) is -1.53. The van der Waals surface area contributed by atoms with Crippen LogP contribution in [0.25, 0.3) is 0 Å². The van der Waals surface area contributed by atoms with Crippen LogP contribution in [0.4, 0.5) is 0 Å². The fraction of sp³-hybridized carbons (Fsp3) is 0.526. The number of hydrogen-bond acceptors (Lipinski definition) is 7. The standard InChI is InChI=1S/C19H23IN2O7S/c20-6-7-28-8-9-29-10-11-30(26,27)16-3-1-2-13-14(16)12-22(19(13)25)15-4-5-17(23)21-18(15)24/h1-3,15H,4-12H2,(H,21,23,24). The van der Waals surface area contributed by atoms with Gasteiger partial charge in [0.05, 0.1) is 37.1 Å². The number of halogens is 1. The lowest BCUT2D eigenvalue weighted by Gasteiger charge is -2.29. The Morgan fingerprint density at radius 3 is 2.53 bits per heavy atom. The van der Waals surface area contributed by atoms with Crippen molar-refractivity contribution in [3.05, 3.63) is 29.3 Å². The number of hydrogen-bond donors (Lipinski definition) is 1. The number of carbonyl (C=O) groups is 3. The van der Waals surface area contributed by atoms with E-state index < -0.39 is 27.7 Å². The number of carbonyl (C=O) groups excluding carboxylic acids is 3. The number of imide groups is 1. The van der Waals surface area contributed by atoms with Gasteiger partial charge in [0.2, 0.25) is 11.8 Å². The number of rotatable bonds is 10. The second kappa shape index (κ2) is 10.2. The van der Waals surface area contributed by atoms with Gasteiger partial charge in [-0.1, -0.05) is 28.7 Å². The first-order chi connectivity index (χ1) is 14.3. The second-order valence-electron chi connectivity index (χ2n) is 6.91. The van der Waals surface area contributed by atoms with Gasteiger partial charge >= 0.3 is 0 Å². The van der Waals surface area contributed by atoms with Crippen molar-refractivity contribution < 1.29 is 32.3 Å². The van der Waals surface area contributed by atoms with Gasteiger partial charge in [-0.2, -0.15) is 0 Å². The minimum atomic E-state index is -3.68. The van der Waals surface area contributed by atoms with E-state index in [1.807, 2.05) is 0 Å². The number of fused-ring (bicyclic) bond motifs is 1. The lowest BCUT2D eigenvalue weighted by atomic mass is 10.0. The Labute approximate surface area is 188 Å². The molecule has 2 aliphatic heterocycles. The molecule has 0 saturated carbocycles. The first kappa shape index (κ1) is 23.1. The zero-order valence-electron chi connectivity index (χ0n) is 16.3. The Balaban J connectivity index is 1.68. The van der Waals surface area contributed by atoms with Crippen molar-refractivity contribution in [3.8, 4) is 0 Å². The first-order valence-electron chi connectivity index (χ1n) is 9.56. The molecule has 30 heavy (non-hydrogen) atoms. The van der Waals surface area contributed by atoms with Crippen molar-refractivity contribution in [3.63, 3.8) is 0 Å². The fourth-order valence-electron chi connectivity index (χ4n) is 3.50. The summed E-state index contributed by atoms with van der Waals surface area (Å²) in [6.45, 7) is 1.36. The number of amides is 3. The Morgan fingerprint density at radius 1 is 1.10 bits per heavy atom. The van der Waals surface area contributed by atoms with Gasteiger partial charge in [-0.15, -0.1) is 0 Å². The summed E-state index contributed by atoms with van der Waals surface area (Å²) in [5.41, 5.74) is 0.659. The van der Waals surface area contributed by atoms with Crippen molar-refractivity contribution in [2.24, 2.45) is 0 Å². The Bertz CT molecular complexity index is 935. The van der Waals surface area contributed by atoms with Gasteiger partial charge in [0, 0.05) is 28.5 Å². The number of ether oxygens (including phenoxy) is 2. The van der Waals surface area contributed by atoms with Crippen LogP contribution in [0, 0.1) is 0 Å². The molecule has 0 spiro atoms. The molecule has 0 aliphatic carbocycles. The molecule has 1 unspecified atom stereocenters. The maximum Gasteiger partial charge on any atom is 0.255 e. The monoisotopic (exact) mass is 550 g/mol. The highest BCUT2D eigenvalue weighted by molar-refractivity contribution is 14.1. The molecule has 11 heteroatoms. The third-order valence-electron chi connectivity index (χ3n) is 4.96. The number of alkyl halides is 1. The summed E-state index contributed by atoms with van der Waals surface area (Å²) in [6.07, 6.45) is 0.362. The quantitative estimate of drug-likeness (QED) is 0.197. The molecule has 9 nitrogen and oxygen atoms in total. The van der Waals surface area contributed by atoms with Gasteiger partial charge in [-0.05, 0) is 18.6 Å². The Morgan fingerprint density at radius 2 is 1.83 bits per heavy atom. The van der Waals surface area contributed by atoms with E-state index in [1.165, 1.54) is 17.0 Å². The molecule has 1 saturated heterocycles. The van der Waals surface area contributed by atoms with Crippen LogP contribution in [-0.4, -0.2) is 73.7 Å². The van der Waals surface area contributed by atoms with Crippen LogP contribution in [0.5, 0.6) is 0 Å². The van der Waals surface area contributed by atoms with Gasteiger partial charge in [-0.3, -0.25) is 19.7 Å². The van der Waals surface area contributed by atoms with Gasteiger partial charge in [0.25, 0.3) is 5.91 Å².